The second kappa shape index (κ2) is 4.66. The van der Waals surface area contributed by atoms with Gasteiger partial charge in [0.1, 0.15) is 11.6 Å². The fourth-order valence-corrected chi connectivity index (χ4v) is 2.70. The molecule has 1 saturated carbocycles. The third kappa shape index (κ3) is 2.11. The highest BCUT2D eigenvalue weighted by Gasteiger charge is 2.29. The fourth-order valence-electron chi connectivity index (χ4n) is 2.70. The Hall–Kier alpha value is -1.76. The molecule has 1 aliphatic heterocycles. The quantitative estimate of drug-likeness (QED) is 0.831. The third-order valence-electron chi connectivity index (χ3n) is 4.01. The zero-order valence-corrected chi connectivity index (χ0v) is 11.6. The summed E-state index contributed by atoms with van der Waals surface area (Å²) in [5.41, 5.74) is 0. The first-order chi connectivity index (χ1) is 9.83. The number of aromatic nitrogens is 5. The van der Waals surface area contributed by atoms with Gasteiger partial charge < -0.3 is 9.09 Å². The average Bonchev–Trinajstić information content (AvgIpc) is 3.08. The molecular weight excluding hydrogens is 256 g/mol. The molecule has 20 heavy (non-hydrogen) atoms. The normalized spacial score (nSPS) is 19.2. The van der Waals surface area contributed by atoms with Crippen LogP contribution in [0.1, 0.15) is 49.0 Å². The first kappa shape index (κ1) is 12.0. The minimum absolute atomic E-state index is 0.545. The van der Waals surface area contributed by atoms with E-state index in [9.17, 15) is 0 Å². The van der Waals surface area contributed by atoms with Gasteiger partial charge in [0.25, 0.3) is 0 Å². The van der Waals surface area contributed by atoms with Gasteiger partial charge in [0, 0.05) is 25.4 Å². The minimum atomic E-state index is 0.545. The third-order valence-corrected chi connectivity index (χ3v) is 4.01. The largest absolute Gasteiger partial charge is 0.338 e. The lowest BCUT2D eigenvalue weighted by Gasteiger charge is -2.26. The van der Waals surface area contributed by atoms with Crippen molar-refractivity contribution in [2.75, 3.05) is 6.54 Å². The number of hydrogen-bond donors (Lipinski definition) is 0. The molecule has 0 spiro atoms. The highest BCUT2D eigenvalue weighted by molar-refractivity contribution is 5.04. The van der Waals surface area contributed by atoms with Gasteiger partial charge >= 0.3 is 0 Å². The van der Waals surface area contributed by atoms with Crippen LogP contribution in [0.5, 0.6) is 0 Å². The molecule has 2 aromatic rings. The van der Waals surface area contributed by atoms with Crippen LogP contribution in [0.3, 0.4) is 0 Å². The smallest absolute Gasteiger partial charge is 0.240 e. The van der Waals surface area contributed by atoms with Gasteiger partial charge in [-0.1, -0.05) is 12.1 Å². The Balaban J connectivity index is 1.44. The Morgan fingerprint density at radius 2 is 2.15 bits per heavy atom. The van der Waals surface area contributed by atoms with E-state index in [1.165, 1.54) is 12.8 Å². The van der Waals surface area contributed by atoms with E-state index in [1.54, 1.807) is 0 Å². The van der Waals surface area contributed by atoms with E-state index in [-0.39, 0.29) is 0 Å². The van der Waals surface area contributed by atoms with Gasteiger partial charge in [-0.25, -0.2) is 0 Å². The molecule has 0 bridgehead atoms. The standard InChI is InChI=1S/C13H18N6O/c1-2-10-15-16-11-7-18(5-6-19(10)11)8-12-14-13(17-20-12)9-3-4-9/h9H,2-8H2,1H3. The number of hydrogen-bond acceptors (Lipinski definition) is 6. The van der Waals surface area contributed by atoms with Crippen LogP contribution in [0.25, 0.3) is 0 Å². The maximum atomic E-state index is 5.34. The Bertz CT molecular complexity index is 614. The van der Waals surface area contributed by atoms with Crippen molar-refractivity contribution < 1.29 is 4.52 Å². The van der Waals surface area contributed by atoms with Crippen molar-refractivity contribution in [1.82, 2.24) is 29.8 Å². The second-order valence-corrected chi connectivity index (χ2v) is 5.57. The van der Waals surface area contributed by atoms with Crippen LogP contribution >= 0.6 is 0 Å². The molecule has 0 atom stereocenters. The molecule has 7 nitrogen and oxygen atoms in total. The lowest BCUT2D eigenvalue weighted by molar-refractivity contribution is 0.182. The first-order valence-corrected chi connectivity index (χ1v) is 7.29. The van der Waals surface area contributed by atoms with Crippen molar-refractivity contribution in [3.63, 3.8) is 0 Å². The summed E-state index contributed by atoms with van der Waals surface area (Å²) in [4.78, 5) is 6.77. The van der Waals surface area contributed by atoms with E-state index in [0.29, 0.717) is 12.5 Å². The van der Waals surface area contributed by atoms with Gasteiger partial charge in [0.05, 0.1) is 13.1 Å². The van der Waals surface area contributed by atoms with Crippen LogP contribution in [-0.4, -0.2) is 36.3 Å². The van der Waals surface area contributed by atoms with Gasteiger partial charge in [-0.05, 0) is 12.8 Å². The molecule has 0 radical (unpaired) electrons. The highest BCUT2D eigenvalue weighted by atomic mass is 16.5. The van der Waals surface area contributed by atoms with E-state index in [4.69, 9.17) is 4.52 Å². The number of fused-ring (bicyclic) bond motifs is 1. The predicted octanol–water partition coefficient (Wildman–Crippen LogP) is 1.12. The summed E-state index contributed by atoms with van der Waals surface area (Å²) in [7, 11) is 0. The average molecular weight is 274 g/mol. The lowest BCUT2D eigenvalue weighted by Crippen LogP contribution is -2.34. The maximum Gasteiger partial charge on any atom is 0.240 e. The molecule has 2 aromatic heterocycles. The molecule has 0 aromatic carbocycles. The van der Waals surface area contributed by atoms with Gasteiger partial charge in [0.15, 0.2) is 5.82 Å². The Morgan fingerprint density at radius 1 is 1.25 bits per heavy atom. The molecule has 0 saturated heterocycles. The second-order valence-electron chi connectivity index (χ2n) is 5.57. The molecule has 0 amide bonds. The van der Waals surface area contributed by atoms with E-state index >= 15 is 0 Å². The van der Waals surface area contributed by atoms with E-state index in [0.717, 1.165) is 49.4 Å². The molecule has 2 aliphatic rings. The molecule has 1 fully saturated rings. The summed E-state index contributed by atoms with van der Waals surface area (Å²) in [6, 6.07) is 0. The number of rotatable bonds is 4. The van der Waals surface area contributed by atoms with Crippen molar-refractivity contribution in [3.8, 4) is 0 Å². The topological polar surface area (TPSA) is 72.9 Å². The van der Waals surface area contributed by atoms with Gasteiger partial charge in [-0.3, -0.25) is 4.90 Å². The fraction of sp³-hybridized carbons (Fsp3) is 0.692. The van der Waals surface area contributed by atoms with Crippen LogP contribution in [0.4, 0.5) is 0 Å². The number of aryl methyl sites for hydroxylation is 1. The molecule has 3 heterocycles. The van der Waals surface area contributed by atoms with Crippen LogP contribution < -0.4 is 0 Å². The number of nitrogens with zero attached hydrogens (tertiary/aromatic N) is 6. The van der Waals surface area contributed by atoms with Crippen molar-refractivity contribution >= 4 is 0 Å². The van der Waals surface area contributed by atoms with Crippen molar-refractivity contribution in [1.29, 1.82) is 0 Å². The van der Waals surface area contributed by atoms with Crippen LogP contribution in [0, 0.1) is 0 Å². The van der Waals surface area contributed by atoms with Gasteiger partial charge in [-0.15, -0.1) is 10.2 Å². The van der Waals surface area contributed by atoms with E-state index < -0.39 is 0 Å². The first-order valence-electron chi connectivity index (χ1n) is 7.29. The monoisotopic (exact) mass is 274 g/mol. The van der Waals surface area contributed by atoms with E-state index in [2.05, 4.69) is 36.7 Å². The zero-order valence-electron chi connectivity index (χ0n) is 11.6. The summed E-state index contributed by atoms with van der Waals surface area (Å²) in [5, 5.41) is 12.6. The molecule has 4 rings (SSSR count). The molecule has 1 aliphatic carbocycles. The lowest BCUT2D eigenvalue weighted by atomic mass is 10.3. The van der Waals surface area contributed by atoms with Crippen molar-refractivity contribution in [2.45, 2.75) is 51.7 Å². The maximum absolute atomic E-state index is 5.34. The molecular formula is C13H18N6O. The summed E-state index contributed by atoms with van der Waals surface area (Å²) in [6.07, 6.45) is 3.33. The highest BCUT2D eigenvalue weighted by Crippen LogP contribution is 2.38. The van der Waals surface area contributed by atoms with Crippen LogP contribution in [-0.2, 0) is 26.1 Å². The Morgan fingerprint density at radius 3 is 2.95 bits per heavy atom. The van der Waals surface area contributed by atoms with Gasteiger partial charge in [-0.2, -0.15) is 4.98 Å². The molecule has 106 valence electrons. The molecule has 0 N–H and O–H groups in total. The Kier molecular flexibility index (Phi) is 2.80. The molecule has 0 unspecified atom stereocenters. The summed E-state index contributed by atoms with van der Waals surface area (Å²) in [6.45, 7) is 5.53. The molecule has 7 heteroatoms. The van der Waals surface area contributed by atoms with Crippen molar-refractivity contribution in [2.24, 2.45) is 0 Å². The van der Waals surface area contributed by atoms with E-state index in [1.807, 2.05) is 0 Å². The van der Waals surface area contributed by atoms with Gasteiger partial charge in [0.2, 0.25) is 5.89 Å². The zero-order chi connectivity index (χ0) is 13.5. The Labute approximate surface area is 117 Å². The SMILES string of the molecule is CCc1nnc2n1CCN(Cc1nc(C3CC3)no1)C2. The summed E-state index contributed by atoms with van der Waals surface area (Å²) >= 11 is 0. The minimum Gasteiger partial charge on any atom is -0.338 e. The van der Waals surface area contributed by atoms with Crippen LogP contribution in [0.15, 0.2) is 4.52 Å². The summed E-state index contributed by atoms with van der Waals surface area (Å²) in [5.74, 6) is 4.26. The predicted molar refractivity (Wildman–Crippen MR) is 69.8 cm³/mol. The summed E-state index contributed by atoms with van der Waals surface area (Å²) < 4.78 is 7.56. The van der Waals surface area contributed by atoms with Crippen LogP contribution in [0.2, 0.25) is 0 Å². The van der Waals surface area contributed by atoms with Crippen molar-refractivity contribution in [3.05, 3.63) is 23.4 Å².